The molecule has 42 heavy (non-hydrogen) atoms. The summed E-state index contributed by atoms with van der Waals surface area (Å²) in [5.74, 6) is 1.70. The van der Waals surface area contributed by atoms with Gasteiger partial charge in [0.1, 0.15) is 20.8 Å². The van der Waals surface area contributed by atoms with Gasteiger partial charge in [-0.2, -0.15) is 20.2 Å². The van der Waals surface area contributed by atoms with Crippen LogP contribution in [0.25, 0.3) is 0 Å². The van der Waals surface area contributed by atoms with Crippen molar-refractivity contribution in [3.05, 3.63) is 10.0 Å². The predicted octanol–water partition coefficient (Wildman–Crippen LogP) is 6.10. The van der Waals surface area contributed by atoms with E-state index in [1.807, 2.05) is 37.4 Å². The Morgan fingerprint density at radius 2 is 1.07 bits per heavy atom. The summed E-state index contributed by atoms with van der Waals surface area (Å²) < 4.78 is 0. The monoisotopic (exact) mass is 648 g/mol. The molecule has 2 atom stereocenters. The van der Waals surface area contributed by atoms with Gasteiger partial charge in [-0.3, -0.25) is 0 Å². The lowest BCUT2D eigenvalue weighted by Gasteiger charge is -2.41. The molecule has 5 rings (SSSR count). The van der Waals surface area contributed by atoms with Crippen LogP contribution in [0.3, 0.4) is 0 Å². The van der Waals surface area contributed by atoms with Crippen LogP contribution in [0.1, 0.15) is 76.2 Å². The molecule has 0 saturated carbocycles. The summed E-state index contributed by atoms with van der Waals surface area (Å²) in [5.41, 5.74) is 0. The van der Waals surface area contributed by atoms with E-state index in [0.717, 1.165) is 96.7 Å². The van der Waals surface area contributed by atoms with Gasteiger partial charge in [0.25, 0.3) is 0 Å². The maximum Gasteiger partial charge on any atom is 0.234 e. The molecule has 5 heterocycles. The van der Waals surface area contributed by atoms with E-state index in [0.29, 0.717) is 10.3 Å². The number of rotatable bonds is 8. The normalized spacial score (nSPS) is 22.0. The Labute approximate surface area is 264 Å². The maximum atomic E-state index is 5.04. The topological polar surface area (TPSA) is 114 Å². The zero-order valence-electron chi connectivity index (χ0n) is 25.2. The summed E-state index contributed by atoms with van der Waals surface area (Å²) in [5, 5.41) is 36.9. The van der Waals surface area contributed by atoms with Crippen molar-refractivity contribution in [2.75, 3.05) is 26.2 Å². The third-order valence-corrected chi connectivity index (χ3v) is 10.7. The second-order valence-corrected chi connectivity index (χ2v) is 15.4. The number of thioether (sulfide) groups is 2. The average molecular weight is 649 g/mol. The molecule has 2 aromatic heterocycles. The molecule has 0 radical (unpaired) electrons. The van der Waals surface area contributed by atoms with E-state index < -0.39 is 0 Å². The Bertz CT molecular complexity index is 1230. The van der Waals surface area contributed by atoms with Gasteiger partial charge in [0.2, 0.25) is 22.2 Å². The third kappa shape index (κ3) is 7.61. The van der Waals surface area contributed by atoms with Gasteiger partial charge in [0.05, 0.1) is 10.1 Å². The van der Waals surface area contributed by atoms with Gasteiger partial charge in [-0.25, -0.2) is 10.0 Å². The Morgan fingerprint density at radius 3 is 1.40 bits per heavy atom. The van der Waals surface area contributed by atoms with Crippen molar-refractivity contribution in [3.63, 3.8) is 0 Å². The molecule has 0 aromatic carbocycles. The minimum atomic E-state index is 0.228. The van der Waals surface area contributed by atoms with Crippen molar-refractivity contribution < 1.29 is 0 Å². The molecule has 12 nitrogen and oxygen atoms in total. The molecule has 3 aliphatic rings. The minimum Gasteiger partial charge on any atom is -0.337 e. The lowest BCUT2D eigenvalue weighted by molar-refractivity contribution is 0.206. The van der Waals surface area contributed by atoms with Gasteiger partial charge in [0.15, 0.2) is 0 Å². The number of hydrogen-bond donors (Lipinski definition) is 0. The van der Waals surface area contributed by atoms with E-state index in [9.17, 15) is 0 Å². The third-order valence-electron chi connectivity index (χ3n) is 6.94. The first-order chi connectivity index (χ1) is 20.3. The quantitative estimate of drug-likeness (QED) is 0.246. The van der Waals surface area contributed by atoms with Gasteiger partial charge in [-0.1, -0.05) is 85.7 Å². The number of hydrogen-bond acceptors (Lipinski definition) is 12. The van der Waals surface area contributed by atoms with Crippen molar-refractivity contribution >= 4 is 78.5 Å². The number of piperazine rings is 1. The molecule has 0 N–H and O–H groups in total. The summed E-state index contributed by atoms with van der Waals surface area (Å²) in [4.78, 5) is 14.8. The predicted molar refractivity (Wildman–Crippen MR) is 178 cm³/mol. The van der Waals surface area contributed by atoms with Gasteiger partial charge < -0.3 is 9.80 Å². The number of nitrogens with zero attached hydrogens (tertiary/aromatic N) is 12. The molecular formula is C26H40N12S4. The van der Waals surface area contributed by atoms with Crippen LogP contribution in [-0.2, 0) is 0 Å². The summed E-state index contributed by atoms with van der Waals surface area (Å²) in [6, 6.07) is 0. The Morgan fingerprint density at radius 1 is 0.667 bits per heavy atom. The molecule has 0 amide bonds. The molecule has 0 aliphatic carbocycles. The van der Waals surface area contributed by atoms with Crippen LogP contribution < -0.4 is 0 Å². The number of guanidine groups is 2. The van der Waals surface area contributed by atoms with Crippen LogP contribution in [0.2, 0.25) is 0 Å². The van der Waals surface area contributed by atoms with Gasteiger partial charge in [0, 0.05) is 26.2 Å². The Kier molecular flexibility index (Phi) is 10.7. The fraction of sp³-hybridized carbons (Fsp3) is 0.692. The molecule has 0 spiro atoms. The molecule has 16 heteroatoms. The molecule has 3 aliphatic heterocycles. The second kappa shape index (κ2) is 14.4. The number of aliphatic imine (C=N–C) groups is 2. The van der Waals surface area contributed by atoms with Gasteiger partial charge in [-0.05, 0) is 40.5 Å². The van der Waals surface area contributed by atoms with E-state index in [1.165, 1.54) is 22.7 Å². The van der Waals surface area contributed by atoms with Crippen LogP contribution in [0, 0.1) is 13.8 Å². The molecule has 0 bridgehead atoms. The highest BCUT2D eigenvalue weighted by Gasteiger charge is 2.37. The van der Waals surface area contributed by atoms with E-state index in [2.05, 4.69) is 67.9 Å². The van der Waals surface area contributed by atoms with Crippen LogP contribution in [-0.4, -0.2) is 99.1 Å². The summed E-state index contributed by atoms with van der Waals surface area (Å²) in [6.45, 7) is 15.6. The second-order valence-electron chi connectivity index (χ2n) is 10.4. The maximum absolute atomic E-state index is 5.04. The number of aryl methyl sites for hydroxylation is 2. The van der Waals surface area contributed by atoms with Crippen LogP contribution >= 0.6 is 46.2 Å². The van der Waals surface area contributed by atoms with Crippen molar-refractivity contribution in [1.82, 2.24) is 40.2 Å². The van der Waals surface area contributed by atoms with Crippen molar-refractivity contribution in [1.29, 1.82) is 0 Å². The van der Waals surface area contributed by atoms with Crippen molar-refractivity contribution in [2.24, 2.45) is 20.2 Å². The highest BCUT2D eigenvalue weighted by molar-refractivity contribution is 8.14. The fourth-order valence-corrected chi connectivity index (χ4v) is 8.13. The molecule has 228 valence electrons. The van der Waals surface area contributed by atoms with Crippen LogP contribution in [0.5, 0.6) is 0 Å². The van der Waals surface area contributed by atoms with E-state index >= 15 is 0 Å². The smallest absolute Gasteiger partial charge is 0.234 e. The van der Waals surface area contributed by atoms with Crippen LogP contribution in [0.4, 0.5) is 10.3 Å². The lowest BCUT2D eigenvalue weighted by atomic mass is 10.2. The highest BCUT2D eigenvalue weighted by atomic mass is 32.2. The standard InChI is InChI=1S/C26H40N12S4/c1-7-9-11-21-37(33-19(5)39-21)25(27-23-31-29-17(3)41-23)35-13-15-36(16-14-35)26(28-24-32-30-18(4)42-24)38-22(12-10-8-2)40-20(6)34-38/h21-22H,7-16H2,1-6H3/t21-,22+. The molecule has 2 aromatic rings. The average Bonchev–Trinajstić information content (AvgIpc) is 3.76. The fourth-order valence-electron chi connectivity index (χ4n) is 4.91. The largest absolute Gasteiger partial charge is 0.337 e. The first kappa shape index (κ1) is 31.1. The molecule has 1 saturated heterocycles. The van der Waals surface area contributed by atoms with Gasteiger partial charge >= 0.3 is 0 Å². The van der Waals surface area contributed by atoms with Gasteiger partial charge in [-0.15, -0.1) is 20.4 Å². The van der Waals surface area contributed by atoms with E-state index in [-0.39, 0.29) is 10.7 Å². The summed E-state index contributed by atoms with van der Waals surface area (Å²) in [7, 11) is 0. The molecule has 1 fully saturated rings. The molecular weight excluding hydrogens is 609 g/mol. The van der Waals surface area contributed by atoms with E-state index in [1.54, 1.807) is 0 Å². The Hall–Kier alpha value is -2.30. The zero-order valence-corrected chi connectivity index (χ0v) is 28.5. The molecule has 0 unspecified atom stereocenters. The van der Waals surface area contributed by atoms with Crippen molar-refractivity contribution in [2.45, 2.75) is 90.8 Å². The first-order valence-corrected chi connectivity index (χ1v) is 18.0. The highest BCUT2D eigenvalue weighted by Crippen LogP contribution is 2.34. The van der Waals surface area contributed by atoms with E-state index in [4.69, 9.17) is 20.2 Å². The van der Waals surface area contributed by atoms with Crippen molar-refractivity contribution in [3.8, 4) is 0 Å². The number of unbranched alkanes of at least 4 members (excludes halogenated alkanes) is 2. The van der Waals surface area contributed by atoms with Crippen LogP contribution in [0.15, 0.2) is 20.2 Å². The minimum absolute atomic E-state index is 0.228. The number of aromatic nitrogens is 4. The summed E-state index contributed by atoms with van der Waals surface area (Å²) >= 11 is 6.67. The first-order valence-electron chi connectivity index (χ1n) is 14.6. The number of hydrazone groups is 2. The Balaban J connectivity index is 1.40. The summed E-state index contributed by atoms with van der Waals surface area (Å²) in [6.07, 6.45) is 6.70. The zero-order chi connectivity index (χ0) is 29.6. The SMILES string of the molecule is CCCC[C@@H]1SC(C)=NN1C(=Nc1nnc(C)s1)N1CCN(C(=Nc2nnc(C)s2)N2N=C(C)S[C@@H]2CCCC)CC1. The lowest BCUT2D eigenvalue weighted by Crippen LogP contribution is -2.57.